The number of nitrogens with one attached hydrogen (secondary N) is 2. The number of benzene rings is 1. The Balaban J connectivity index is 0.00000392. The Hall–Kier alpha value is -1.62. The minimum Gasteiger partial charge on any atom is -0.489 e. The molecule has 2 N–H and O–H groups in total. The molecule has 28 heavy (non-hydrogen) atoms. The van der Waals surface area contributed by atoms with E-state index in [-0.39, 0.29) is 48.3 Å². The third-order valence-electron chi connectivity index (χ3n) is 4.16. The quantitative estimate of drug-likeness (QED) is 0.319. The molecule has 0 aliphatic carbocycles. The van der Waals surface area contributed by atoms with Crippen molar-refractivity contribution < 1.29 is 18.7 Å². The lowest BCUT2D eigenvalue weighted by molar-refractivity contribution is -0.127. The molecule has 1 aromatic rings. The Bertz CT molecular complexity index is 622. The molecule has 1 fully saturated rings. The Morgan fingerprint density at radius 1 is 1.36 bits per heavy atom. The topological polar surface area (TPSA) is 75.2 Å². The summed E-state index contributed by atoms with van der Waals surface area (Å²) in [6.45, 7) is 4.71. The van der Waals surface area contributed by atoms with Gasteiger partial charge in [0.25, 0.3) is 0 Å². The number of hydrogen-bond acceptors (Lipinski definition) is 4. The van der Waals surface area contributed by atoms with Crippen molar-refractivity contribution >= 4 is 35.8 Å². The van der Waals surface area contributed by atoms with E-state index in [4.69, 9.17) is 9.47 Å². The number of nitrogens with zero attached hydrogens (tertiary/aromatic N) is 2. The van der Waals surface area contributed by atoms with Crippen molar-refractivity contribution in [3.63, 3.8) is 0 Å². The van der Waals surface area contributed by atoms with Crippen LogP contribution in [0.1, 0.15) is 13.3 Å². The number of aliphatic imine (C=N–C) groups is 1. The van der Waals surface area contributed by atoms with E-state index >= 15 is 0 Å². The van der Waals surface area contributed by atoms with E-state index < -0.39 is 0 Å². The first-order chi connectivity index (χ1) is 12.9. The largest absolute Gasteiger partial charge is 0.489 e. The number of amides is 1. The van der Waals surface area contributed by atoms with Crippen LogP contribution in [0.15, 0.2) is 29.3 Å². The van der Waals surface area contributed by atoms with Gasteiger partial charge in [-0.05, 0) is 37.6 Å². The third kappa shape index (κ3) is 9.05. The number of ether oxygens (including phenoxy) is 2. The maximum Gasteiger partial charge on any atom is 0.243 e. The molecule has 2 atom stereocenters. The molecule has 1 aliphatic heterocycles. The average molecular weight is 508 g/mol. The van der Waals surface area contributed by atoms with Gasteiger partial charge in [0.1, 0.15) is 24.2 Å². The molecule has 9 heteroatoms. The Morgan fingerprint density at radius 2 is 2.07 bits per heavy atom. The van der Waals surface area contributed by atoms with E-state index in [0.717, 1.165) is 26.2 Å². The highest BCUT2D eigenvalue weighted by atomic mass is 127. The number of carbonyl (C=O) groups excluding carboxylic acids is 1. The van der Waals surface area contributed by atoms with Crippen molar-refractivity contribution in [3.8, 4) is 5.75 Å². The first kappa shape index (κ1) is 24.4. The second-order valence-electron chi connectivity index (χ2n) is 6.83. The van der Waals surface area contributed by atoms with Crippen molar-refractivity contribution in [2.24, 2.45) is 10.9 Å². The zero-order valence-corrected chi connectivity index (χ0v) is 18.9. The van der Waals surface area contributed by atoms with Crippen molar-refractivity contribution in [2.45, 2.75) is 19.4 Å². The Labute approximate surface area is 183 Å². The molecule has 7 nitrogen and oxygen atoms in total. The van der Waals surface area contributed by atoms with Gasteiger partial charge in [-0.1, -0.05) is 0 Å². The monoisotopic (exact) mass is 508 g/mol. The fourth-order valence-corrected chi connectivity index (χ4v) is 2.48. The van der Waals surface area contributed by atoms with Gasteiger partial charge in [0.2, 0.25) is 5.91 Å². The lowest BCUT2D eigenvalue weighted by atomic mass is 10.1. The van der Waals surface area contributed by atoms with Crippen LogP contribution in [0.4, 0.5) is 4.39 Å². The first-order valence-electron chi connectivity index (χ1n) is 9.16. The van der Waals surface area contributed by atoms with Crippen molar-refractivity contribution in [1.29, 1.82) is 0 Å². The molecule has 0 bridgehead atoms. The van der Waals surface area contributed by atoms with E-state index in [9.17, 15) is 9.18 Å². The molecule has 1 aromatic carbocycles. The van der Waals surface area contributed by atoms with Gasteiger partial charge in [-0.3, -0.25) is 4.79 Å². The SMILES string of the molecule is CC(CNC(=NCC(=O)N(C)C)NCC1CCOC1)Oc1ccc(F)cc1.I. The van der Waals surface area contributed by atoms with Crippen molar-refractivity contribution in [3.05, 3.63) is 30.1 Å². The normalized spacial score (nSPS) is 17.4. The van der Waals surface area contributed by atoms with E-state index in [0.29, 0.717) is 24.2 Å². The Morgan fingerprint density at radius 3 is 2.68 bits per heavy atom. The van der Waals surface area contributed by atoms with E-state index in [1.807, 2.05) is 6.92 Å². The smallest absolute Gasteiger partial charge is 0.243 e. The van der Waals surface area contributed by atoms with Crippen molar-refractivity contribution in [1.82, 2.24) is 15.5 Å². The van der Waals surface area contributed by atoms with Crippen LogP contribution >= 0.6 is 24.0 Å². The fourth-order valence-electron chi connectivity index (χ4n) is 2.48. The number of hydrogen-bond donors (Lipinski definition) is 2. The molecule has 1 heterocycles. The Kier molecular flexibility index (Phi) is 11.1. The van der Waals surface area contributed by atoms with Crippen LogP contribution in [-0.4, -0.2) is 69.8 Å². The van der Waals surface area contributed by atoms with Crippen LogP contribution in [0.5, 0.6) is 5.75 Å². The summed E-state index contributed by atoms with van der Waals surface area (Å²) in [5, 5.41) is 6.46. The third-order valence-corrected chi connectivity index (χ3v) is 4.16. The number of guanidine groups is 1. The highest BCUT2D eigenvalue weighted by molar-refractivity contribution is 14.0. The molecule has 2 unspecified atom stereocenters. The molecule has 1 amide bonds. The predicted octanol–water partition coefficient (Wildman–Crippen LogP) is 1.87. The van der Waals surface area contributed by atoms with Gasteiger partial charge >= 0.3 is 0 Å². The van der Waals surface area contributed by atoms with Gasteiger partial charge < -0.3 is 25.0 Å². The van der Waals surface area contributed by atoms with E-state index in [1.165, 1.54) is 17.0 Å². The molecule has 1 aliphatic rings. The summed E-state index contributed by atoms with van der Waals surface area (Å²) in [6, 6.07) is 5.91. The molecule has 0 radical (unpaired) electrons. The minimum atomic E-state index is -0.298. The lowest BCUT2D eigenvalue weighted by Gasteiger charge is -2.19. The second kappa shape index (κ2) is 12.8. The second-order valence-corrected chi connectivity index (χ2v) is 6.83. The van der Waals surface area contributed by atoms with Gasteiger partial charge in [-0.25, -0.2) is 9.38 Å². The molecule has 2 rings (SSSR count). The lowest BCUT2D eigenvalue weighted by Crippen LogP contribution is -2.44. The van der Waals surface area contributed by atoms with Crippen molar-refractivity contribution in [2.75, 3.05) is 46.9 Å². The van der Waals surface area contributed by atoms with Crippen LogP contribution in [0, 0.1) is 11.7 Å². The predicted molar refractivity (Wildman–Crippen MR) is 118 cm³/mol. The maximum atomic E-state index is 13.0. The molecule has 0 spiro atoms. The summed E-state index contributed by atoms with van der Waals surface area (Å²) in [7, 11) is 3.40. The number of halogens is 2. The fraction of sp³-hybridized carbons (Fsp3) is 0.579. The van der Waals surface area contributed by atoms with Gasteiger partial charge in [0, 0.05) is 33.2 Å². The van der Waals surface area contributed by atoms with Gasteiger partial charge in [-0.2, -0.15) is 0 Å². The zero-order chi connectivity index (χ0) is 19.6. The maximum absolute atomic E-state index is 13.0. The van der Waals surface area contributed by atoms with Crippen LogP contribution in [0.25, 0.3) is 0 Å². The number of rotatable bonds is 8. The zero-order valence-electron chi connectivity index (χ0n) is 16.6. The van der Waals surface area contributed by atoms with Gasteiger partial charge in [-0.15, -0.1) is 24.0 Å². The molecule has 1 saturated heterocycles. The highest BCUT2D eigenvalue weighted by Crippen LogP contribution is 2.13. The molecule has 0 aromatic heterocycles. The van der Waals surface area contributed by atoms with Crippen LogP contribution in [0.3, 0.4) is 0 Å². The van der Waals surface area contributed by atoms with Crippen LogP contribution in [-0.2, 0) is 9.53 Å². The molecular formula is C19H30FIN4O3. The molecule has 0 saturated carbocycles. The number of carbonyl (C=O) groups is 1. The average Bonchev–Trinajstić information content (AvgIpc) is 3.16. The number of likely N-dealkylation sites (N-methyl/N-ethyl adjacent to an activating group) is 1. The summed E-state index contributed by atoms with van der Waals surface area (Å²) in [6.07, 6.45) is 0.850. The standard InChI is InChI=1S/C19H29FN4O3.HI/c1-14(27-17-6-4-16(20)5-7-17)10-21-19(23-12-18(25)24(2)3)22-11-15-8-9-26-13-15;/h4-7,14-15H,8-13H2,1-3H3,(H2,21,22,23);1H. The first-order valence-corrected chi connectivity index (χ1v) is 9.16. The summed E-state index contributed by atoms with van der Waals surface area (Å²) in [5.41, 5.74) is 0. The minimum absolute atomic E-state index is 0. The summed E-state index contributed by atoms with van der Waals surface area (Å²) in [5.74, 6) is 1.23. The molecule has 158 valence electrons. The van der Waals surface area contributed by atoms with Gasteiger partial charge in [0.15, 0.2) is 5.96 Å². The van der Waals surface area contributed by atoms with Gasteiger partial charge in [0.05, 0.1) is 13.2 Å². The highest BCUT2D eigenvalue weighted by Gasteiger charge is 2.16. The van der Waals surface area contributed by atoms with E-state index in [2.05, 4.69) is 15.6 Å². The molecular weight excluding hydrogens is 478 g/mol. The van der Waals surface area contributed by atoms with E-state index in [1.54, 1.807) is 26.2 Å². The summed E-state index contributed by atoms with van der Waals surface area (Å²) in [4.78, 5) is 17.7. The summed E-state index contributed by atoms with van der Waals surface area (Å²) >= 11 is 0. The summed E-state index contributed by atoms with van der Waals surface area (Å²) < 4.78 is 24.1. The van der Waals surface area contributed by atoms with Crippen LogP contribution < -0.4 is 15.4 Å². The van der Waals surface area contributed by atoms with Crippen LogP contribution in [0.2, 0.25) is 0 Å².